The van der Waals surface area contributed by atoms with Gasteiger partial charge in [0.15, 0.2) is 12.5 Å². The van der Waals surface area contributed by atoms with Crippen molar-refractivity contribution in [2.45, 2.75) is 12.7 Å². The second kappa shape index (κ2) is 6.03. The molecule has 22 heavy (non-hydrogen) atoms. The van der Waals surface area contributed by atoms with Crippen LogP contribution in [0.2, 0.25) is 5.02 Å². The van der Waals surface area contributed by atoms with E-state index in [0.717, 1.165) is 11.8 Å². The third-order valence-electron chi connectivity index (χ3n) is 3.35. The van der Waals surface area contributed by atoms with Crippen LogP contribution in [-0.4, -0.2) is 17.5 Å². The molecule has 1 heterocycles. The van der Waals surface area contributed by atoms with E-state index < -0.39 is 6.17 Å². The van der Waals surface area contributed by atoms with Gasteiger partial charge in [-0.05, 0) is 35.1 Å². The number of nitrogens with zero attached hydrogens (tertiary/aromatic N) is 4. The zero-order chi connectivity index (χ0) is 15.5. The molecule has 1 unspecified atom stereocenters. The van der Waals surface area contributed by atoms with Gasteiger partial charge < -0.3 is 5.73 Å². The van der Waals surface area contributed by atoms with Gasteiger partial charge in [-0.1, -0.05) is 41.1 Å². The summed E-state index contributed by atoms with van der Waals surface area (Å²) in [5.41, 5.74) is 7.99. The number of anilines is 2. The summed E-state index contributed by atoms with van der Waals surface area (Å²) < 4.78 is 0. The first kappa shape index (κ1) is 14.3. The zero-order valence-corrected chi connectivity index (χ0v) is 12.4. The number of rotatable bonds is 4. The lowest BCUT2D eigenvalue weighted by molar-refractivity contribution is -0.111. The van der Waals surface area contributed by atoms with Crippen molar-refractivity contribution in [2.75, 3.05) is 10.7 Å². The second-order valence-corrected chi connectivity index (χ2v) is 5.27. The third-order valence-corrected chi connectivity index (χ3v) is 3.67. The summed E-state index contributed by atoms with van der Waals surface area (Å²) >= 11 is 6.16. The maximum Gasteiger partial charge on any atom is 0.198 e. The fraction of sp³-hybridized carbons (Fsp3) is 0.133. The van der Waals surface area contributed by atoms with Gasteiger partial charge in [0.25, 0.3) is 0 Å². The van der Waals surface area contributed by atoms with Crippen LogP contribution in [0.4, 0.5) is 11.4 Å². The number of benzene rings is 2. The first-order chi connectivity index (χ1) is 10.7. The minimum Gasteiger partial charge on any atom is -0.399 e. The van der Waals surface area contributed by atoms with Crippen molar-refractivity contribution in [3.8, 4) is 0 Å². The molecule has 0 bridgehead atoms. The molecule has 2 aromatic carbocycles. The summed E-state index contributed by atoms with van der Waals surface area (Å²) in [7, 11) is 0. The molecule has 0 aromatic heterocycles. The van der Waals surface area contributed by atoms with Gasteiger partial charge in [-0.25, -0.2) is 10.0 Å². The molecule has 6 nitrogen and oxygen atoms in total. The summed E-state index contributed by atoms with van der Waals surface area (Å²) in [4.78, 5) is 11.5. The first-order valence-electron chi connectivity index (χ1n) is 6.71. The first-order valence-corrected chi connectivity index (χ1v) is 7.08. The molecule has 0 saturated heterocycles. The topological polar surface area (TPSA) is 74.3 Å². The van der Waals surface area contributed by atoms with Crippen molar-refractivity contribution in [3.05, 3.63) is 59.1 Å². The highest BCUT2D eigenvalue weighted by Gasteiger charge is 2.31. The van der Waals surface area contributed by atoms with Crippen molar-refractivity contribution >= 4 is 29.3 Å². The van der Waals surface area contributed by atoms with E-state index in [4.69, 9.17) is 17.3 Å². The average molecular weight is 316 g/mol. The van der Waals surface area contributed by atoms with Crippen LogP contribution in [0.15, 0.2) is 59.0 Å². The zero-order valence-electron chi connectivity index (χ0n) is 11.6. The van der Waals surface area contributed by atoms with Crippen LogP contribution in [0, 0.1) is 0 Å². The number of halogens is 1. The van der Waals surface area contributed by atoms with Crippen molar-refractivity contribution < 1.29 is 4.79 Å². The van der Waals surface area contributed by atoms with Crippen LogP contribution in [-0.2, 0) is 11.3 Å². The van der Waals surface area contributed by atoms with Gasteiger partial charge in [-0.15, -0.1) is 0 Å². The summed E-state index contributed by atoms with van der Waals surface area (Å²) in [6.45, 7) is 0.453. The lowest BCUT2D eigenvalue weighted by atomic mass is 10.2. The number of aldehydes is 1. The van der Waals surface area contributed by atoms with Gasteiger partial charge in [0.05, 0.1) is 17.3 Å². The fourth-order valence-electron chi connectivity index (χ4n) is 2.22. The summed E-state index contributed by atoms with van der Waals surface area (Å²) in [5, 5.41) is 11.7. The largest absolute Gasteiger partial charge is 0.399 e. The SMILES string of the molecule is Nc1ccc(CN2N=NN(c3ccccc3Cl)C2C=O)cc1. The molecular weight excluding hydrogens is 302 g/mol. The Morgan fingerprint density at radius 1 is 1.14 bits per heavy atom. The van der Waals surface area contributed by atoms with E-state index in [9.17, 15) is 4.79 Å². The van der Waals surface area contributed by atoms with E-state index in [0.29, 0.717) is 22.9 Å². The second-order valence-electron chi connectivity index (χ2n) is 4.86. The molecule has 0 saturated carbocycles. The van der Waals surface area contributed by atoms with Crippen molar-refractivity contribution in [3.63, 3.8) is 0 Å². The molecule has 0 amide bonds. The normalized spacial score (nSPS) is 17.0. The molecule has 0 spiro atoms. The number of nitrogens with two attached hydrogens (primary N) is 1. The van der Waals surface area contributed by atoms with Crippen LogP contribution in [0.25, 0.3) is 0 Å². The maximum absolute atomic E-state index is 11.5. The summed E-state index contributed by atoms with van der Waals surface area (Å²) in [6.07, 6.45) is 0.165. The Labute approximate surface area is 132 Å². The Morgan fingerprint density at radius 3 is 2.55 bits per heavy atom. The Balaban J connectivity index is 1.81. The predicted octanol–water partition coefficient (Wildman–Crippen LogP) is 3.05. The van der Waals surface area contributed by atoms with E-state index >= 15 is 0 Å². The molecule has 2 aromatic rings. The Morgan fingerprint density at radius 2 is 1.86 bits per heavy atom. The van der Waals surface area contributed by atoms with Gasteiger partial charge >= 0.3 is 0 Å². The standard InChI is InChI=1S/C15H14ClN5O/c16-13-3-1-2-4-14(13)21-15(10-22)20(18-19-21)9-11-5-7-12(17)8-6-11/h1-8,10,15H,9,17H2. The molecule has 2 N–H and O–H groups in total. The van der Waals surface area contributed by atoms with E-state index in [1.54, 1.807) is 17.1 Å². The van der Waals surface area contributed by atoms with Gasteiger partial charge in [0.1, 0.15) is 0 Å². The van der Waals surface area contributed by atoms with E-state index in [1.807, 2.05) is 36.4 Å². The minimum absolute atomic E-state index is 0.453. The highest BCUT2D eigenvalue weighted by Crippen LogP contribution is 2.31. The van der Waals surface area contributed by atoms with Crippen LogP contribution < -0.4 is 10.7 Å². The Bertz CT molecular complexity index is 703. The molecule has 1 aliphatic rings. The monoisotopic (exact) mass is 315 g/mol. The number of hydrogen-bond donors (Lipinski definition) is 1. The molecule has 112 valence electrons. The molecule has 0 aliphatic carbocycles. The molecule has 0 fully saturated rings. The van der Waals surface area contributed by atoms with Gasteiger partial charge in [0.2, 0.25) is 0 Å². The third kappa shape index (κ3) is 2.73. The number of hydrogen-bond acceptors (Lipinski definition) is 6. The Hall–Kier alpha value is -2.60. The van der Waals surface area contributed by atoms with Gasteiger partial charge in [-0.3, -0.25) is 4.79 Å². The highest BCUT2D eigenvalue weighted by molar-refractivity contribution is 6.33. The molecule has 7 heteroatoms. The Kier molecular flexibility index (Phi) is 3.93. The van der Waals surface area contributed by atoms with Crippen molar-refractivity contribution in [2.24, 2.45) is 10.4 Å². The molecule has 0 radical (unpaired) electrons. The van der Waals surface area contributed by atoms with Crippen molar-refractivity contribution in [1.29, 1.82) is 0 Å². The average Bonchev–Trinajstić information content (AvgIpc) is 2.92. The molecule has 1 atom stereocenters. The fourth-order valence-corrected chi connectivity index (χ4v) is 2.44. The maximum atomic E-state index is 11.5. The minimum atomic E-state index is -0.627. The highest BCUT2D eigenvalue weighted by atomic mass is 35.5. The van der Waals surface area contributed by atoms with Gasteiger partial charge in [-0.2, -0.15) is 0 Å². The van der Waals surface area contributed by atoms with Crippen LogP contribution in [0.5, 0.6) is 0 Å². The number of nitrogen functional groups attached to an aromatic ring is 1. The van der Waals surface area contributed by atoms with E-state index in [-0.39, 0.29) is 0 Å². The van der Waals surface area contributed by atoms with E-state index in [2.05, 4.69) is 10.4 Å². The smallest absolute Gasteiger partial charge is 0.198 e. The molecule has 3 rings (SSSR count). The number of carbonyl (C=O) groups excluding carboxylic acids is 1. The van der Waals surface area contributed by atoms with Crippen LogP contribution in [0.3, 0.4) is 0 Å². The number of para-hydroxylation sites is 1. The van der Waals surface area contributed by atoms with E-state index in [1.165, 1.54) is 5.01 Å². The predicted molar refractivity (Wildman–Crippen MR) is 85.0 cm³/mol. The molecular formula is C15H14ClN5O. The van der Waals surface area contributed by atoms with Crippen molar-refractivity contribution in [1.82, 2.24) is 5.01 Å². The summed E-state index contributed by atoms with van der Waals surface area (Å²) in [6, 6.07) is 14.6. The van der Waals surface area contributed by atoms with Crippen LogP contribution in [0.1, 0.15) is 5.56 Å². The number of carbonyl (C=O) groups is 1. The molecule has 1 aliphatic heterocycles. The quantitative estimate of drug-likeness (QED) is 0.695. The lowest BCUT2D eigenvalue weighted by Crippen LogP contribution is -2.39. The lowest BCUT2D eigenvalue weighted by Gasteiger charge is -2.24. The summed E-state index contributed by atoms with van der Waals surface area (Å²) in [5.74, 6) is 0. The van der Waals surface area contributed by atoms with Gasteiger partial charge in [0, 0.05) is 5.69 Å². The van der Waals surface area contributed by atoms with Crippen LogP contribution >= 0.6 is 11.6 Å².